The minimum atomic E-state index is 0.0381. The summed E-state index contributed by atoms with van der Waals surface area (Å²) < 4.78 is 0. The summed E-state index contributed by atoms with van der Waals surface area (Å²) in [6, 6.07) is 10.4. The van der Waals surface area contributed by atoms with Crippen LogP contribution in [0.3, 0.4) is 0 Å². The van der Waals surface area contributed by atoms with Crippen molar-refractivity contribution in [2.45, 2.75) is 0 Å². The molecule has 0 aliphatic rings. The minimum Gasteiger partial charge on any atom is -0.507 e. The van der Waals surface area contributed by atoms with Crippen molar-refractivity contribution in [3.8, 4) is 0 Å². The van der Waals surface area contributed by atoms with Gasteiger partial charge >= 0.3 is 0 Å². The molecule has 2 aromatic rings. The van der Waals surface area contributed by atoms with Gasteiger partial charge in [-0.3, -0.25) is 4.98 Å². The zero-order valence-corrected chi connectivity index (χ0v) is 10.3. The molecule has 1 heterocycles. The van der Waals surface area contributed by atoms with Gasteiger partial charge in [-0.15, -0.1) is 0 Å². The fraction of sp³-hybridized carbons (Fsp3) is 0. The van der Waals surface area contributed by atoms with Gasteiger partial charge in [0.05, 0.1) is 10.7 Å². The number of pyridine rings is 1. The molecule has 0 spiro atoms. The summed E-state index contributed by atoms with van der Waals surface area (Å²) in [6.45, 7) is 0. The molecule has 1 N–H and O–H groups in total. The van der Waals surface area contributed by atoms with E-state index in [1.807, 2.05) is 6.07 Å². The number of halogens is 2. The minimum absolute atomic E-state index is 0.0381. The zero-order valence-electron chi connectivity index (χ0n) is 8.77. The monoisotopic (exact) mass is 265 g/mol. The molecule has 2 rings (SSSR count). The average Bonchev–Trinajstić information content (AvgIpc) is 2.33. The van der Waals surface area contributed by atoms with Gasteiger partial charge in [-0.2, -0.15) is 0 Å². The van der Waals surface area contributed by atoms with E-state index >= 15 is 0 Å². The van der Waals surface area contributed by atoms with Gasteiger partial charge in [0.25, 0.3) is 0 Å². The Hall–Kier alpha value is -1.51. The third-order valence-electron chi connectivity index (χ3n) is 2.18. The molecular weight excluding hydrogens is 257 g/mol. The van der Waals surface area contributed by atoms with Gasteiger partial charge < -0.3 is 5.11 Å². The molecule has 0 fully saturated rings. The molecule has 86 valence electrons. The highest BCUT2D eigenvalue weighted by molar-refractivity contribution is 6.34. The fourth-order valence-corrected chi connectivity index (χ4v) is 1.76. The highest BCUT2D eigenvalue weighted by Gasteiger charge is 2.06. The van der Waals surface area contributed by atoms with Crippen molar-refractivity contribution in [3.05, 3.63) is 63.9 Å². The van der Waals surface area contributed by atoms with Crippen LogP contribution < -0.4 is 0 Å². The maximum Gasteiger partial charge on any atom is 0.126 e. The fourth-order valence-electron chi connectivity index (χ4n) is 1.37. The van der Waals surface area contributed by atoms with Crippen LogP contribution in [0.4, 0.5) is 0 Å². The number of benzene rings is 1. The van der Waals surface area contributed by atoms with Crippen molar-refractivity contribution >= 4 is 35.0 Å². The number of aliphatic hydroxyl groups excluding tert-OH is 1. The van der Waals surface area contributed by atoms with Crippen LogP contribution in [0.1, 0.15) is 11.3 Å². The Bertz CT molecular complexity index is 553. The SMILES string of the molecule is O/C(=C/c1ccccn1)c1cc(Cl)ccc1Cl. The van der Waals surface area contributed by atoms with Gasteiger partial charge in [-0.05, 0) is 30.3 Å². The van der Waals surface area contributed by atoms with Crippen molar-refractivity contribution < 1.29 is 5.11 Å². The van der Waals surface area contributed by atoms with Crippen LogP contribution in [0.25, 0.3) is 11.8 Å². The van der Waals surface area contributed by atoms with E-state index in [0.717, 1.165) is 0 Å². The predicted octanol–water partition coefficient (Wildman–Crippen LogP) is 4.44. The molecule has 1 aromatic carbocycles. The highest BCUT2D eigenvalue weighted by atomic mass is 35.5. The van der Waals surface area contributed by atoms with Crippen LogP contribution in [0.15, 0.2) is 42.6 Å². The molecule has 0 amide bonds. The summed E-state index contributed by atoms with van der Waals surface area (Å²) >= 11 is 11.8. The summed E-state index contributed by atoms with van der Waals surface area (Å²) in [4.78, 5) is 4.08. The molecule has 0 bridgehead atoms. The largest absolute Gasteiger partial charge is 0.507 e. The number of aliphatic hydroxyl groups is 1. The molecule has 0 saturated carbocycles. The second-order valence-corrected chi connectivity index (χ2v) is 4.25. The lowest BCUT2D eigenvalue weighted by Gasteiger charge is -2.03. The zero-order chi connectivity index (χ0) is 12.3. The first-order valence-corrected chi connectivity index (χ1v) is 5.69. The first kappa shape index (κ1) is 12.0. The molecule has 0 aliphatic carbocycles. The Morgan fingerprint density at radius 1 is 1.18 bits per heavy atom. The van der Waals surface area contributed by atoms with Gasteiger partial charge in [0, 0.05) is 22.9 Å². The molecular formula is C13H9Cl2NO. The van der Waals surface area contributed by atoms with E-state index < -0.39 is 0 Å². The van der Waals surface area contributed by atoms with E-state index in [-0.39, 0.29) is 5.76 Å². The number of aromatic nitrogens is 1. The summed E-state index contributed by atoms with van der Waals surface area (Å²) in [6.07, 6.45) is 3.19. The Kier molecular flexibility index (Phi) is 3.67. The molecule has 0 aliphatic heterocycles. The number of hydrogen-bond donors (Lipinski definition) is 1. The van der Waals surface area contributed by atoms with Gasteiger partial charge in [0.1, 0.15) is 5.76 Å². The molecule has 0 saturated heterocycles. The van der Waals surface area contributed by atoms with Gasteiger partial charge in [0.15, 0.2) is 0 Å². The van der Waals surface area contributed by atoms with Crippen molar-refractivity contribution in [2.75, 3.05) is 0 Å². The van der Waals surface area contributed by atoms with E-state index in [1.165, 1.54) is 6.08 Å². The molecule has 4 heteroatoms. The van der Waals surface area contributed by atoms with E-state index in [4.69, 9.17) is 23.2 Å². The second-order valence-electron chi connectivity index (χ2n) is 3.41. The van der Waals surface area contributed by atoms with Crippen molar-refractivity contribution in [2.24, 2.45) is 0 Å². The lowest BCUT2D eigenvalue weighted by atomic mass is 10.1. The van der Waals surface area contributed by atoms with E-state index in [1.54, 1.807) is 36.5 Å². The van der Waals surface area contributed by atoms with Gasteiger partial charge in [-0.25, -0.2) is 0 Å². The molecule has 17 heavy (non-hydrogen) atoms. The van der Waals surface area contributed by atoms with E-state index in [2.05, 4.69) is 4.98 Å². The van der Waals surface area contributed by atoms with Crippen LogP contribution in [0, 0.1) is 0 Å². The number of hydrogen-bond acceptors (Lipinski definition) is 2. The predicted molar refractivity (Wildman–Crippen MR) is 71.2 cm³/mol. The smallest absolute Gasteiger partial charge is 0.126 e. The lowest BCUT2D eigenvalue weighted by Crippen LogP contribution is -1.86. The van der Waals surface area contributed by atoms with E-state index in [9.17, 15) is 5.11 Å². The Morgan fingerprint density at radius 2 is 2.00 bits per heavy atom. The summed E-state index contributed by atoms with van der Waals surface area (Å²) in [5, 5.41) is 10.9. The van der Waals surface area contributed by atoms with Crippen molar-refractivity contribution in [3.63, 3.8) is 0 Å². The maximum absolute atomic E-state index is 9.96. The Balaban J connectivity index is 2.40. The topological polar surface area (TPSA) is 33.1 Å². The first-order valence-electron chi connectivity index (χ1n) is 4.94. The summed E-state index contributed by atoms with van der Waals surface area (Å²) in [5.41, 5.74) is 1.14. The van der Waals surface area contributed by atoms with Gasteiger partial charge in [0.2, 0.25) is 0 Å². The maximum atomic E-state index is 9.96. The van der Waals surface area contributed by atoms with Crippen LogP contribution in [0.2, 0.25) is 10.0 Å². The quantitative estimate of drug-likeness (QED) is 0.815. The van der Waals surface area contributed by atoms with Gasteiger partial charge in [-0.1, -0.05) is 29.3 Å². The number of nitrogens with zero attached hydrogens (tertiary/aromatic N) is 1. The standard InChI is InChI=1S/C13H9Cl2NO/c14-9-4-5-12(15)11(7-9)13(17)8-10-3-1-2-6-16-10/h1-8,17H/b13-8+. The molecule has 0 unspecified atom stereocenters. The Labute approximate surface area is 109 Å². The normalized spacial score (nSPS) is 11.5. The molecule has 1 aromatic heterocycles. The summed E-state index contributed by atoms with van der Waals surface area (Å²) in [7, 11) is 0. The summed E-state index contributed by atoms with van der Waals surface area (Å²) in [5.74, 6) is 0.0381. The van der Waals surface area contributed by atoms with Crippen molar-refractivity contribution in [1.82, 2.24) is 4.98 Å². The van der Waals surface area contributed by atoms with Crippen molar-refractivity contribution in [1.29, 1.82) is 0 Å². The Morgan fingerprint density at radius 3 is 2.71 bits per heavy atom. The third kappa shape index (κ3) is 2.99. The van der Waals surface area contributed by atoms with Crippen LogP contribution in [-0.2, 0) is 0 Å². The number of rotatable bonds is 2. The van der Waals surface area contributed by atoms with E-state index in [0.29, 0.717) is 21.3 Å². The molecule has 2 nitrogen and oxygen atoms in total. The molecule has 0 radical (unpaired) electrons. The third-order valence-corrected chi connectivity index (χ3v) is 2.74. The lowest BCUT2D eigenvalue weighted by molar-refractivity contribution is 0.515. The van der Waals surface area contributed by atoms with Crippen LogP contribution in [-0.4, -0.2) is 10.1 Å². The molecule has 0 atom stereocenters. The highest BCUT2D eigenvalue weighted by Crippen LogP contribution is 2.26. The second kappa shape index (κ2) is 5.21. The average molecular weight is 266 g/mol. The van der Waals surface area contributed by atoms with Crippen LogP contribution in [0.5, 0.6) is 0 Å². The van der Waals surface area contributed by atoms with Crippen LogP contribution >= 0.6 is 23.2 Å². The first-order chi connectivity index (χ1) is 8.16.